The van der Waals surface area contributed by atoms with E-state index in [-0.39, 0.29) is 5.41 Å². The molecule has 0 aliphatic carbocycles. The Hall–Kier alpha value is -0.570. The average Bonchev–Trinajstić information content (AvgIpc) is 2.46. The van der Waals surface area contributed by atoms with Crippen molar-refractivity contribution in [3.8, 4) is 0 Å². The van der Waals surface area contributed by atoms with Crippen molar-refractivity contribution in [2.45, 2.75) is 47.6 Å². The highest BCUT2D eigenvalue weighted by atomic mass is 35.5. The molecule has 0 radical (unpaired) electrons. The van der Waals surface area contributed by atoms with E-state index >= 15 is 0 Å². The highest BCUT2D eigenvalue weighted by Crippen LogP contribution is 2.27. The summed E-state index contributed by atoms with van der Waals surface area (Å²) in [5.41, 5.74) is 0.276. The normalized spacial score (nSPS) is 14.3. The van der Waals surface area contributed by atoms with Crippen LogP contribution in [0.2, 0.25) is 5.28 Å². The maximum Gasteiger partial charge on any atom is 0.225 e. The Morgan fingerprint density at radius 1 is 1.33 bits per heavy atom. The standard InChI is InChI=1S/C11H20ClN3/c1-6-9-13-14-10(12)15(9)7-8(2)11(3,4)5/h8H,6-7H2,1-5H3. The van der Waals surface area contributed by atoms with E-state index < -0.39 is 0 Å². The number of hydrogen-bond acceptors (Lipinski definition) is 2. The summed E-state index contributed by atoms with van der Waals surface area (Å²) in [7, 11) is 0. The first kappa shape index (κ1) is 12.5. The fourth-order valence-electron chi connectivity index (χ4n) is 1.30. The maximum atomic E-state index is 6.01. The summed E-state index contributed by atoms with van der Waals surface area (Å²) < 4.78 is 2.01. The van der Waals surface area contributed by atoms with E-state index in [9.17, 15) is 0 Å². The van der Waals surface area contributed by atoms with Crippen molar-refractivity contribution in [2.75, 3.05) is 0 Å². The highest BCUT2D eigenvalue weighted by Gasteiger charge is 2.22. The molecule has 0 saturated carbocycles. The molecule has 1 heterocycles. The van der Waals surface area contributed by atoms with E-state index in [4.69, 9.17) is 11.6 Å². The first-order valence-electron chi connectivity index (χ1n) is 5.43. The van der Waals surface area contributed by atoms with Crippen LogP contribution in [0.1, 0.15) is 40.4 Å². The maximum absolute atomic E-state index is 6.01. The minimum atomic E-state index is 0.276. The largest absolute Gasteiger partial charge is 0.301 e. The van der Waals surface area contributed by atoms with Crippen molar-refractivity contribution in [2.24, 2.45) is 11.3 Å². The minimum absolute atomic E-state index is 0.276. The third kappa shape index (κ3) is 2.94. The van der Waals surface area contributed by atoms with Crippen LogP contribution in [0.25, 0.3) is 0 Å². The predicted octanol–water partition coefficient (Wildman–Crippen LogP) is 3.18. The molecule has 0 aromatic carbocycles. The molecule has 4 heteroatoms. The van der Waals surface area contributed by atoms with Gasteiger partial charge in [-0.1, -0.05) is 34.6 Å². The third-order valence-electron chi connectivity index (χ3n) is 3.03. The van der Waals surface area contributed by atoms with Gasteiger partial charge in [-0.3, -0.25) is 0 Å². The summed E-state index contributed by atoms with van der Waals surface area (Å²) in [6, 6.07) is 0. The first-order chi connectivity index (χ1) is 6.86. The summed E-state index contributed by atoms with van der Waals surface area (Å²) in [5.74, 6) is 1.51. The molecule has 0 fully saturated rings. The summed E-state index contributed by atoms with van der Waals surface area (Å²) in [6.07, 6.45) is 0.872. The summed E-state index contributed by atoms with van der Waals surface area (Å²) in [6.45, 7) is 11.9. The zero-order chi connectivity index (χ0) is 11.6. The molecule has 0 aliphatic rings. The van der Waals surface area contributed by atoms with E-state index in [1.165, 1.54) is 0 Å². The molecule has 0 saturated heterocycles. The first-order valence-corrected chi connectivity index (χ1v) is 5.81. The zero-order valence-corrected chi connectivity index (χ0v) is 11.0. The Morgan fingerprint density at radius 2 is 1.93 bits per heavy atom. The molecule has 86 valence electrons. The Morgan fingerprint density at radius 3 is 2.40 bits per heavy atom. The Balaban J connectivity index is 2.84. The van der Waals surface area contributed by atoms with Gasteiger partial charge in [-0.25, -0.2) is 0 Å². The van der Waals surface area contributed by atoms with Gasteiger partial charge in [-0.05, 0) is 22.9 Å². The van der Waals surface area contributed by atoms with Crippen LogP contribution in [0.3, 0.4) is 0 Å². The zero-order valence-electron chi connectivity index (χ0n) is 10.2. The lowest BCUT2D eigenvalue weighted by Crippen LogP contribution is -2.23. The second-order valence-electron chi connectivity index (χ2n) is 5.12. The Labute approximate surface area is 96.8 Å². The molecule has 0 bridgehead atoms. The molecule has 3 nitrogen and oxygen atoms in total. The molecule has 1 aromatic rings. The van der Waals surface area contributed by atoms with Gasteiger partial charge < -0.3 is 4.57 Å². The fraction of sp³-hybridized carbons (Fsp3) is 0.818. The van der Waals surface area contributed by atoms with Crippen LogP contribution in [-0.2, 0) is 13.0 Å². The van der Waals surface area contributed by atoms with Gasteiger partial charge in [-0.15, -0.1) is 10.2 Å². The number of aryl methyl sites for hydroxylation is 1. The highest BCUT2D eigenvalue weighted by molar-refractivity contribution is 6.28. The lowest BCUT2D eigenvalue weighted by atomic mass is 9.82. The molecule has 1 unspecified atom stereocenters. The number of halogens is 1. The molecule has 1 rings (SSSR count). The SMILES string of the molecule is CCc1nnc(Cl)n1CC(C)C(C)(C)C. The van der Waals surface area contributed by atoms with Crippen molar-refractivity contribution in [3.63, 3.8) is 0 Å². The van der Waals surface area contributed by atoms with Crippen LogP contribution in [0, 0.1) is 11.3 Å². The monoisotopic (exact) mass is 229 g/mol. The lowest BCUT2D eigenvalue weighted by molar-refractivity contribution is 0.231. The summed E-state index contributed by atoms with van der Waals surface area (Å²) in [4.78, 5) is 0. The van der Waals surface area contributed by atoms with Gasteiger partial charge in [0.1, 0.15) is 5.82 Å². The van der Waals surface area contributed by atoms with Gasteiger partial charge in [0.2, 0.25) is 5.28 Å². The van der Waals surface area contributed by atoms with Crippen LogP contribution < -0.4 is 0 Å². The molecular formula is C11H20ClN3. The van der Waals surface area contributed by atoms with Crippen molar-refractivity contribution in [3.05, 3.63) is 11.1 Å². The van der Waals surface area contributed by atoms with Gasteiger partial charge >= 0.3 is 0 Å². The van der Waals surface area contributed by atoms with Crippen LogP contribution >= 0.6 is 11.6 Å². The summed E-state index contributed by atoms with van der Waals surface area (Å²) in [5, 5.41) is 8.45. The molecule has 0 aliphatic heterocycles. The minimum Gasteiger partial charge on any atom is -0.301 e. The smallest absolute Gasteiger partial charge is 0.225 e. The third-order valence-corrected chi connectivity index (χ3v) is 3.31. The van der Waals surface area contributed by atoms with Crippen molar-refractivity contribution in [1.29, 1.82) is 0 Å². The number of aromatic nitrogens is 3. The van der Waals surface area contributed by atoms with E-state index in [1.54, 1.807) is 0 Å². The van der Waals surface area contributed by atoms with E-state index in [0.29, 0.717) is 11.2 Å². The molecular weight excluding hydrogens is 210 g/mol. The molecule has 1 aromatic heterocycles. The Kier molecular flexibility index (Phi) is 3.77. The van der Waals surface area contributed by atoms with E-state index in [0.717, 1.165) is 18.8 Å². The van der Waals surface area contributed by atoms with Crippen LogP contribution in [0.5, 0.6) is 0 Å². The Bertz CT molecular complexity index is 325. The number of nitrogens with zero attached hydrogens (tertiary/aromatic N) is 3. The van der Waals surface area contributed by atoms with Crippen molar-refractivity contribution < 1.29 is 0 Å². The number of rotatable bonds is 3. The van der Waals surface area contributed by atoms with E-state index in [1.807, 2.05) is 4.57 Å². The lowest BCUT2D eigenvalue weighted by Gasteiger charge is -2.27. The van der Waals surface area contributed by atoms with Crippen molar-refractivity contribution >= 4 is 11.6 Å². The molecule has 0 N–H and O–H groups in total. The molecule has 15 heavy (non-hydrogen) atoms. The van der Waals surface area contributed by atoms with Gasteiger partial charge in [0.15, 0.2) is 0 Å². The topological polar surface area (TPSA) is 30.7 Å². The van der Waals surface area contributed by atoms with Gasteiger partial charge in [0, 0.05) is 13.0 Å². The molecule has 1 atom stereocenters. The van der Waals surface area contributed by atoms with Gasteiger partial charge in [-0.2, -0.15) is 0 Å². The average molecular weight is 230 g/mol. The van der Waals surface area contributed by atoms with Crippen LogP contribution in [0.4, 0.5) is 0 Å². The van der Waals surface area contributed by atoms with Gasteiger partial charge in [0.05, 0.1) is 0 Å². The summed E-state index contributed by atoms with van der Waals surface area (Å²) >= 11 is 6.01. The van der Waals surface area contributed by atoms with Gasteiger partial charge in [0.25, 0.3) is 0 Å². The quantitative estimate of drug-likeness (QED) is 0.797. The molecule has 0 spiro atoms. The fourth-order valence-corrected chi connectivity index (χ4v) is 1.51. The van der Waals surface area contributed by atoms with Crippen molar-refractivity contribution in [1.82, 2.24) is 14.8 Å². The second-order valence-corrected chi connectivity index (χ2v) is 5.45. The predicted molar refractivity (Wildman–Crippen MR) is 63.0 cm³/mol. The second kappa shape index (κ2) is 4.52. The van der Waals surface area contributed by atoms with E-state index in [2.05, 4.69) is 44.8 Å². The molecule has 0 amide bonds. The van der Waals surface area contributed by atoms with Crippen LogP contribution in [0.15, 0.2) is 0 Å². The van der Waals surface area contributed by atoms with Crippen LogP contribution in [-0.4, -0.2) is 14.8 Å². The number of hydrogen-bond donors (Lipinski definition) is 0.